The Bertz CT molecular complexity index is 836. The standard InChI is InChI=1S/C21H28N2O3S/c1-14(21-11-15-8-16(12-21)10-17(9-15)13-21)7-20(24)22-18-3-5-19(6-4-18)23-27(2,25)26/h3-7,15-17,23H,8-13H2,1-2H3,(H,22,24)/b14-7+. The minimum atomic E-state index is -3.30. The predicted molar refractivity (Wildman–Crippen MR) is 108 cm³/mol. The number of sulfonamides is 1. The second-order valence-corrected chi connectivity index (χ2v) is 10.7. The molecule has 0 saturated heterocycles. The summed E-state index contributed by atoms with van der Waals surface area (Å²) in [6.45, 7) is 2.13. The fourth-order valence-electron chi connectivity index (χ4n) is 5.96. The van der Waals surface area contributed by atoms with Crippen molar-refractivity contribution in [2.75, 3.05) is 16.3 Å². The lowest BCUT2D eigenvalue weighted by atomic mass is 9.48. The maximum atomic E-state index is 12.5. The minimum Gasteiger partial charge on any atom is -0.323 e. The lowest BCUT2D eigenvalue weighted by Gasteiger charge is -2.57. The maximum absolute atomic E-state index is 12.5. The van der Waals surface area contributed by atoms with Crippen molar-refractivity contribution in [3.63, 3.8) is 0 Å². The van der Waals surface area contributed by atoms with Crippen LogP contribution in [0.15, 0.2) is 35.9 Å². The molecule has 0 aliphatic heterocycles. The van der Waals surface area contributed by atoms with Gasteiger partial charge in [-0.2, -0.15) is 0 Å². The van der Waals surface area contributed by atoms with Crippen molar-refractivity contribution in [2.45, 2.75) is 45.4 Å². The first-order chi connectivity index (χ1) is 12.7. The largest absolute Gasteiger partial charge is 0.323 e. The molecule has 4 saturated carbocycles. The van der Waals surface area contributed by atoms with E-state index in [1.807, 2.05) is 0 Å². The summed E-state index contributed by atoms with van der Waals surface area (Å²) >= 11 is 0. The van der Waals surface area contributed by atoms with Crippen LogP contribution in [0, 0.1) is 23.2 Å². The summed E-state index contributed by atoms with van der Waals surface area (Å²) in [5, 5.41) is 2.90. The number of carbonyl (C=O) groups excluding carboxylic acids is 1. The maximum Gasteiger partial charge on any atom is 0.248 e. The van der Waals surface area contributed by atoms with Crippen LogP contribution >= 0.6 is 0 Å². The summed E-state index contributed by atoms with van der Waals surface area (Å²) in [4.78, 5) is 12.5. The minimum absolute atomic E-state index is 0.105. The third-order valence-electron chi connectivity index (χ3n) is 6.68. The zero-order chi connectivity index (χ0) is 19.2. The average molecular weight is 389 g/mol. The SMILES string of the molecule is C/C(=C\C(=O)Nc1ccc(NS(C)(=O)=O)cc1)C12CC3CC(CC(C3)C1)C2. The number of nitrogens with one attached hydrogen (secondary N) is 2. The topological polar surface area (TPSA) is 75.3 Å². The fraction of sp³-hybridized carbons (Fsp3) is 0.571. The highest BCUT2D eigenvalue weighted by molar-refractivity contribution is 7.92. The molecule has 5 rings (SSSR count). The summed E-state index contributed by atoms with van der Waals surface area (Å²) in [6, 6.07) is 6.71. The van der Waals surface area contributed by atoms with E-state index in [1.54, 1.807) is 30.3 Å². The lowest BCUT2D eigenvalue weighted by molar-refractivity contribution is -0.112. The Hall–Kier alpha value is -1.82. The third kappa shape index (κ3) is 4.05. The number of benzene rings is 1. The van der Waals surface area contributed by atoms with E-state index < -0.39 is 10.0 Å². The Balaban J connectivity index is 1.43. The van der Waals surface area contributed by atoms with Crippen LogP contribution < -0.4 is 10.0 Å². The van der Waals surface area contributed by atoms with Gasteiger partial charge in [0.1, 0.15) is 0 Å². The molecule has 0 unspecified atom stereocenters. The monoisotopic (exact) mass is 388 g/mol. The molecule has 4 aliphatic carbocycles. The number of hydrogen-bond acceptors (Lipinski definition) is 3. The van der Waals surface area contributed by atoms with Gasteiger partial charge < -0.3 is 5.32 Å². The second-order valence-electron chi connectivity index (χ2n) is 8.97. The van der Waals surface area contributed by atoms with E-state index in [0.717, 1.165) is 24.0 Å². The predicted octanol–water partition coefficient (Wildman–Crippen LogP) is 4.16. The molecule has 27 heavy (non-hydrogen) atoms. The number of carbonyl (C=O) groups is 1. The molecule has 1 amide bonds. The molecule has 2 N–H and O–H groups in total. The highest BCUT2D eigenvalue weighted by atomic mass is 32.2. The van der Waals surface area contributed by atoms with Crippen molar-refractivity contribution in [1.82, 2.24) is 0 Å². The molecule has 4 bridgehead atoms. The van der Waals surface area contributed by atoms with E-state index in [9.17, 15) is 13.2 Å². The third-order valence-corrected chi connectivity index (χ3v) is 7.28. The molecule has 0 aromatic heterocycles. The van der Waals surface area contributed by atoms with Crippen LogP contribution in [0.5, 0.6) is 0 Å². The normalized spacial score (nSPS) is 32.4. The van der Waals surface area contributed by atoms with Crippen molar-refractivity contribution in [3.05, 3.63) is 35.9 Å². The highest BCUT2D eigenvalue weighted by Crippen LogP contribution is 2.62. The van der Waals surface area contributed by atoms with Gasteiger partial charge in [0.25, 0.3) is 0 Å². The molecule has 0 radical (unpaired) electrons. The Morgan fingerprint density at radius 2 is 1.48 bits per heavy atom. The molecule has 6 heteroatoms. The van der Waals surface area contributed by atoms with Gasteiger partial charge in [-0.1, -0.05) is 5.57 Å². The zero-order valence-corrected chi connectivity index (χ0v) is 16.8. The summed E-state index contributed by atoms with van der Waals surface area (Å²) < 4.78 is 24.9. The van der Waals surface area contributed by atoms with Gasteiger partial charge in [0.15, 0.2) is 0 Å². The van der Waals surface area contributed by atoms with Crippen molar-refractivity contribution in [1.29, 1.82) is 0 Å². The highest BCUT2D eigenvalue weighted by Gasteiger charge is 2.51. The van der Waals surface area contributed by atoms with E-state index in [4.69, 9.17) is 0 Å². The van der Waals surface area contributed by atoms with E-state index in [-0.39, 0.29) is 11.3 Å². The smallest absolute Gasteiger partial charge is 0.248 e. The molecule has 5 nitrogen and oxygen atoms in total. The van der Waals surface area contributed by atoms with Gasteiger partial charge in [-0.15, -0.1) is 0 Å². The van der Waals surface area contributed by atoms with Gasteiger partial charge in [-0.25, -0.2) is 8.42 Å². The molecule has 4 fully saturated rings. The summed E-state index contributed by atoms with van der Waals surface area (Å²) in [5.41, 5.74) is 2.62. The number of hydrogen-bond donors (Lipinski definition) is 2. The van der Waals surface area contributed by atoms with Gasteiger partial charge in [-0.05, 0) is 92.9 Å². The second kappa shape index (κ2) is 6.66. The van der Waals surface area contributed by atoms with Crippen LogP contribution in [0.3, 0.4) is 0 Å². The zero-order valence-electron chi connectivity index (χ0n) is 16.0. The van der Waals surface area contributed by atoms with Crippen LogP contribution in [0.4, 0.5) is 11.4 Å². The molecular weight excluding hydrogens is 360 g/mol. The molecular formula is C21H28N2O3S. The quantitative estimate of drug-likeness (QED) is 0.744. The Labute approximate surface area is 161 Å². The van der Waals surface area contributed by atoms with E-state index in [1.165, 1.54) is 44.1 Å². The fourth-order valence-corrected chi connectivity index (χ4v) is 6.52. The van der Waals surface area contributed by atoms with Crippen LogP contribution in [-0.4, -0.2) is 20.6 Å². The average Bonchev–Trinajstić information content (AvgIpc) is 2.54. The van der Waals surface area contributed by atoms with E-state index >= 15 is 0 Å². The molecule has 0 heterocycles. The van der Waals surface area contributed by atoms with Gasteiger partial charge in [0.05, 0.1) is 6.26 Å². The Morgan fingerprint density at radius 3 is 1.96 bits per heavy atom. The number of allylic oxidation sites excluding steroid dienone is 1. The van der Waals surface area contributed by atoms with Crippen LogP contribution in [0.2, 0.25) is 0 Å². The van der Waals surface area contributed by atoms with E-state index in [2.05, 4.69) is 17.0 Å². The van der Waals surface area contributed by atoms with Crippen molar-refractivity contribution in [2.24, 2.45) is 23.2 Å². The number of anilines is 2. The Morgan fingerprint density at radius 1 is 1.00 bits per heavy atom. The number of rotatable bonds is 5. The van der Waals surface area contributed by atoms with Gasteiger partial charge >= 0.3 is 0 Å². The van der Waals surface area contributed by atoms with Crippen molar-refractivity contribution in [3.8, 4) is 0 Å². The van der Waals surface area contributed by atoms with Gasteiger partial charge in [0.2, 0.25) is 15.9 Å². The molecule has 0 spiro atoms. The summed E-state index contributed by atoms with van der Waals surface area (Å²) in [6.07, 6.45) is 10.8. The molecule has 1 aromatic rings. The molecule has 0 atom stereocenters. The van der Waals surface area contributed by atoms with E-state index in [0.29, 0.717) is 11.4 Å². The Kier molecular flexibility index (Phi) is 4.57. The van der Waals surface area contributed by atoms with Crippen molar-refractivity contribution < 1.29 is 13.2 Å². The first-order valence-corrected chi connectivity index (χ1v) is 11.7. The van der Waals surface area contributed by atoms with Crippen LogP contribution in [0.25, 0.3) is 0 Å². The molecule has 146 valence electrons. The molecule has 4 aliphatic rings. The van der Waals surface area contributed by atoms with Crippen LogP contribution in [0.1, 0.15) is 45.4 Å². The van der Waals surface area contributed by atoms with Crippen LogP contribution in [-0.2, 0) is 14.8 Å². The summed E-state index contributed by atoms with van der Waals surface area (Å²) in [7, 11) is -3.30. The summed E-state index contributed by atoms with van der Waals surface area (Å²) in [5.74, 6) is 2.47. The lowest BCUT2D eigenvalue weighted by Crippen LogP contribution is -2.46. The van der Waals surface area contributed by atoms with Crippen molar-refractivity contribution >= 4 is 27.3 Å². The first-order valence-electron chi connectivity index (χ1n) is 9.78. The van der Waals surface area contributed by atoms with Gasteiger partial charge in [0, 0.05) is 17.5 Å². The first kappa shape index (κ1) is 18.5. The van der Waals surface area contributed by atoms with Gasteiger partial charge in [-0.3, -0.25) is 9.52 Å². The number of amides is 1. The molecule has 1 aromatic carbocycles.